The molecule has 1 aliphatic carbocycles. The van der Waals surface area contributed by atoms with Crippen LogP contribution in [-0.2, 0) is 4.79 Å². The van der Waals surface area contributed by atoms with Crippen molar-refractivity contribution < 1.29 is 4.79 Å². The Morgan fingerprint density at radius 3 is 2.18 bits per heavy atom. The molecule has 64 valence electrons. The van der Waals surface area contributed by atoms with Crippen LogP contribution in [0, 0.1) is 11.3 Å². The van der Waals surface area contributed by atoms with E-state index in [-0.39, 0.29) is 11.3 Å². The van der Waals surface area contributed by atoms with E-state index < -0.39 is 0 Å². The Hall–Kier alpha value is -0.530. The normalized spacial score (nSPS) is 36.2. The number of amides is 1. The Morgan fingerprint density at radius 2 is 2.09 bits per heavy atom. The number of hydrogen-bond donors (Lipinski definition) is 0. The summed E-state index contributed by atoms with van der Waals surface area (Å²) < 4.78 is 0. The molecule has 0 bridgehead atoms. The van der Waals surface area contributed by atoms with Crippen molar-refractivity contribution >= 4 is 5.91 Å². The molecule has 0 spiro atoms. The summed E-state index contributed by atoms with van der Waals surface area (Å²) in [4.78, 5) is 13.3. The fraction of sp³-hybridized carbons (Fsp3) is 0.889. The monoisotopic (exact) mass is 155 g/mol. The van der Waals surface area contributed by atoms with Gasteiger partial charge >= 0.3 is 0 Å². The van der Waals surface area contributed by atoms with Crippen molar-refractivity contribution in [3.05, 3.63) is 0 Å². The molecule has 1 saturated carbocycles. The molecule has 1 aliphatic rings. The van der Waals surface area contributed by atoms with Crippen molar-refractivity contribution in [1.29, 1.82) is 0 Å². The van der Waals surface area contributed by atoms with E-state index >= 15 is 0 Å². The molecule has 0 aliphatic heterocycles. The smallest absolute Gasteiger partial charge is 0.228 e. The third-order valence-electron chi connectivity index (χ3n) is 3.08. The lowest BCUT2D eigenvalue weighted by Crippen LogP contribution is -2.48. The maximum Gasteiger partial charge on any atom is 0.228 e. The Balaban J connectivity index is 2.66. The fourth-order valence-corrected chi connectivity index (χ4v) is 1.69. The second-order valence-corrected chi connectivity index (χ2v) is 4.06. The molecule has 2 atom stereocenters. The van der Waals surface area contributed by atoms with Gasteiger partial charge in [-0.05, 0) is 18.8 Å². The molecule has 2 unspecified atom stereocenters. The minimum atomic E-state index is -0.0521. The Morgan fingerprint density at radius 1 is 1.55 bits per heavy atom. The van der Waals surface area contributed by atoms with E-state index in [1.807, 2.05) is 14.1 Å². The topological polar surface area (TPSA) is 20.3 Å². The second kappa shape index (κ2) is 2.50. The Labute approximate surface area is 68.6 Å². The molecular weight excluding hydrogens is 138 g/mol. The third-order valence-corrected chi connectivity index (χ3v) is 3.08. The van der Waals surface area contributed by atoms with Crippen LogP contribution < -0.4 is 0 Å². The van der Waals surface area contributed by atoms with E-state index in [2.05, 4.69) is 13.8 Å². The maximum atomic E-state index is 11.6. The molecule has 1 fully saturated rings. The van der Waals surface area contributed by atoms with Crippen LogP contribution in [-0.4, -0.2) is 24.9 Å². The first-order chi connectivity index (χ1) is 4.98. The van der Waals surface area contributed by atoms with Crippen LogP contribution in [0.4, 0.5) is 0 Å². The number of hydrogen-bond acceptors (Lipinski definition) is 1. The van der Waals surface area contributed by atoms with E-state index in [1.165, 1.54) is 6.42 Å². The van der Waals surface area contributed by atoms with Crippen molar-refractivity contribution in [3.63, 3.8) is 0 Å². The van der Waals surface area contributed by atoms with Crippen LogP contribution in [0.2, 0.25) is 0 Å². The first kappa shape index (κ1) is 8.57. The summed E-state index contributed by atoms with van der Waals surface area (Å²) in [5.74, 6) is 0.855. The molecule has 0 aromatic rings. The van der Waals surface area contributed by atoms with Gasteiger partial charge in [-0.15, -0.1) is 0 Å². The van der Waals surface area contributed by atoms with Gasteiger partial charge in [0.15, 0.2) is 0 Å². The molecule has 2 nitrogen and oxygen atoms in total. The Kier molecular flexibility index (Phi) is 1.95. The SMILES string of the molecule is CC1CCC1(C)C(=O)N(C)C. The molecule has 1 rings (SSSR count). The lowest BCUT2D eigenvalue weighted by atomic mass is 9.61. The summed E-state index contributed by atoms with van der Waals surface area (Å²) in [5, 5.41) is 0. The van der Waals surface area contributed by atoms with Gasteiger partial charge in [0.05, 0.1) is 0 Å². The predicted octanol–water partition coefficient (Wildman–Crippen LogP) is 1.51. The van der Waals surface area contributed by atoms with Gasteiger partial charge in [0, 0.05) is 19.5 Å². The number of carbonyl (C=O) groups is 1. The number of nitrogens with zero attached hydrogens (tertiary/aromatic N) is 1. The minimum Gasteiger partial charge on any atom is -0.348 e. The molecule has 1 amide bonds. The van der Waals surface area contributed by atoms with Crippen LogP contribution in [0.3, 0.4) is 0 Å². The fourth-order valence-electron chi connectivity index (χ4n) is 1.69. The zero-order valence-electron chi connectivity index (χ0n) is 7.85. The van der Waals surface area contributed by atoms with Crippen molar-refractivity contribution in [2.45, 2.75) is 26.7 Å². The zero-order valence-corrected chi connectivity index (χ0v) is 7.85. The van der Waals surface area contributed by atoms with Crippen molar-refractivity contribution in [3.8, 4) is 0 Å². The molecule has 0 N–H and O–H groups in total. The van der Waals surface area contributed by atoms with Crippen molar-refractivity contribution in [2.75, 3.05) is 14.1 Å². The lowest BCUT2D eigenvalue weighted by Gasteiger charge is -2.45. The number of rotatable bonds is 1. The first-order valence-corrected chi connectivity index (χ1v) is 4.20. The van der Waals surface area contributed by atoms with Crippen LogP contribution in [0.15, 0.2) is 0 Å². The van der Waals surface area contributed by atoms with Gasteiger partial charge in [0.25, 0.3) is 0 Å². The molecule has 0 aromatic heterocycles. The summed E-state index contributed by atoms with van der Waals surface area (Å²) in [6, 6.07) is 0. The summed E-state index contributed by atoms with van der Waals surface area (Å²) in [5.41, 5.74) is -0.0521. The lowest BCUT2D eigenvalue weighted by molar-refractivity contribution is -0.148. The molecular formula is C9H17NO. The van der Waals surface area contributed by atoms with Gasteiger partial charge in [-0.3, -0.25) is 4.79 Å². The quantitative estimate of drug-likeness (QED) is 0.562. The molecule has 0 saturated heterocycles. The molecule has 0 heterocycles. The third kappa shape index (κ3) is 1.15. The molecule has 0 aromatic carbocycles. The van der Waals surface area contributed by atoms with Crippen LogP contribution >= 0.6 is 0 Å². The number of carbonyl (C=O) groups excluding carboxylic acids is 1. The molecule has 2 heteroatoms. The predicted molar refractivity (Wildman–Crippen MR) is 45.2 cm³/mol. The highest BCUT2D eigenvalue weighted by atomic mass is 16.2. The molecule has 11 heavy (non-hydrogen) atoms. The highest BCUT2D eigenvalue weighted by molar-refractivity contribution is 5.83. The van der Waals surface area contributed by atoms with E-state index in [1.54, 1.807) is 4.90 Å². The van der Waals surface area contributed by atoms with E-state index in [0.717, 1.165) is 6.42 Å². The average molecular weight is 155 g/mol. The van der Waals surface area contributed by atoms with Gasteiger partial charge in [0.2, 0.25) is 5.91 Å². The van der Waals surface area contributed by atoms with Gasteiger partial charge in [0.1, 0.15) is 0 Å². The molecule has 0 radical (unpaired) electrons. The Bertz CT molecular complexity index is 176. The summed E-state index contributed by atoms with van der Waals surface area (Å²) >= 11 is 0. The first-order valence-electron chi connectivity index (χ1n) is 4.20. The highest BCUT2D eigenvalue weighted by Crippen LogP contribution is 2.46. The van der Waals surface area contributed by atoms with Gasteiger partial charge in [-0.2, -0.15) is 0 Å². The van der Waals surface area contributed by atoms with Crippen molar-refractivity contribution in [2.24, 2.45) is 11.3 Å². The maximum absolute atomic E-state index is 11.6. The van der Waals surface area contributed by atoms with Crippen LogP contribution in [0.1, 0.15) is 26.7 Å². The van der Waals surface area contributed by atoms with E-state index in [4.69, 9.17) is 0 Å². The standard InChI is InChI=1S/C9H17NO/c1-7-5-6-9(7,2)8(11)10(3)4/h7H,5-6H2,1-4H3. The minimum absolute atomic E-state index is 0.0521. The van der Waals surface area contributed by atoms with E-state index in [9.17, 15) is 4.79 Å². The zero-order chi connectivity index (χ0) is 8.65. The van der Waals surface area contributed by atoms with Gasteiger partial charge < -0.3 is 4.90 Å². The summed E-state index contributed by atoms with van der Waals surface area (Å²) in [7, 11) is 3.66. The van der Waals surface area contributed by atoms with Crippen LogP contribution in [0.5, 0.6) is 0 Å². The van der Waals surface area contributed by atoms with Crippen LogP contribution in [0.25, 0.3) is 0 Å². The van der Waals surface area contributed by atoms with Gasteiger partial charge in [-0.25, -0.2) is 0 Å². The second-order valence-electron chi connectivity index (χ2n) is 4.06. The largest absolute Gasteiger partial charge is 0.348 e. The van der Waals surface area contributed by atoms with Crippen molar-refractivity contribution in [1.82, 2.24) is 4.90 Å². The average Bonchev–Trinajstić information content (AvgIpc) is 1.98. The summed E-state index contributed by atoms with van der Waals surface area (Å²) in [6.45, 7) is 4.23. The highest BCUT2D eigenvalue weighted by Gasteiger charge is 2.46. The van der Waals surface area contributed by atoms with Gasteiger partial charge in [-0.1, -0.05) is 13.8 Å². The summed E-state index contributed by atoms with van der Waals surface area (Å²) in [6.07, 6.45) is 2.27. The van der Waals surface area contributed by atoms with E-state index in [0.29, 0.717) is 5.92 Å².